The zero-order valence-electron chi connectivity index (χ0n) is 7.31. The van der Waals surface area contributed by atoms with Gasteiger partial charge < -0.3 is 5.11 Å². The van der Waals surface area contributed by atoms with Crippen molar-refractivity contribution in [3.63, 3.8) is 0 Å². The highest BCUT2D eigenvalue weighted by Gasteiger charge is 2.08. The van der Waals surface area contributed by atoms with E-state index >= 15 is 0 Å². The van der Waals surface area contributed by atoms with Gasteiger partial charge in [-0.2, -0.15) is 0 Å². The van der Waals surface area contributed by atoms with Gasteiger partial charge in [-0.25, -0.2) is 0 Å². The zero-order chi connectivity index (χ0) is 8.91. The van der Waals surface area contributed by atoms with Gasteiger partial charge in [0.15, 0.2) is 0 Å². The molecule has 1 unspecified atom stereocenters. The molecule has 0 amide bonds. The van der Waals surface area contributed by atoms with Crippen LogP contribution in [-0.4, -0.2) is 19.3 Å². The van der Waals surface area contributed by atoms with Gasteiger partial charge in [0.1, 0.15) is 14.2 Å². The monoisotopic (exact) mass is 166 g/mol. The molecule has 0 rings (SSSR count). The Morgan fingerprint density at radius 2 is 2.00 bits per heavy atom. The van der Waals surface area contributed by atoms with E-state index in [1.807, 2.05) is 0 Å². The standard InChI is InChI=1S/C9H14OSi/c1-5-6-9(10)7-8-11(2,3)4/h1,9-10H,6H2,2-4H3. The van der Waals surface area contributed by atoms with Crippen molar-refractivity contribution < 1.29 is 5.11 Å². The van der Waals surface area contributed by atoms with Crippen LogP contribution in [0, 0.1) is 23.8 Å². The number of hydrogen-bond donors (Lipinski definition) is 1. The fraction of sp³-hybridized carbons (Fsp3) is 0.556. The molecular formula is C9H14OSi. The lowest BCUT2D eigenvalue weighted by atomic mass is 10.3. The molecule has 0 radical (unpaired) electrons. The van der Waals surface area contributed by atoms with Crippen LogP contribution in [-0.2, 0) is 0 Å². The number of rotatable bonds is 1. The lowest BCUT2D eigenvalue weighted by Gasteiger charge is -2.04. The van der Waals surface area contributed by atoms with E-state index in [9.17, 15) is 0 Å². The maximum absolute atomic E-state index is 9.12. The maximum Gasteiger partial charge on any atom is 0.129 e. The summed E-state index contributed by atoms with van der Waals surface area (Å²) in [6, 6.07) is 0. The summed E-state index contributed by atoms with van der Waals surface area (Å²) in [7, 11) is -1.34. The number of terminal acetylenes is 1. The van der Waals surface area contributed by atoms with Crippen LogP contribution in [0.4, 0.5) is 0 Å². The highest BCUT2D eigenvalue weighted by molar-refractivity contribution is 6.83. The third-order valence-electron chi connectivity index (χ3n) is 0.925. The molecule has 0 spiro atoms. The number of hydrogen-bond acceptors (Lipinski definition) is 1. The Balaban J connectivity index is 3.99. The predicted octanol–water partition coefficient (Wildman–Crippen LogP) is 1.25. The van der Waals surface area contributed by atoms with Gasteiger partial charge in [-0.1, -0.05) is 25.6 Å². The summed E-state index contributed by atoms with van der Waals surface area (Å²) in [5.41, 5.74) is 3.05. The third kappa shape index (κ3) is 7.19. The Kier molecular flexibility index (Phi) is 3.96. The predicted molar refractivity (Wildman–Crippen MR) is 50.6 cm³/mol. The first-order valence-electron chi connectivity index (χ1n) is 3.60. The lowest BCUT2D eigenvalue weighted by Crippen LogP contribution is -2.17. The summed E-state index contributed by atoms with van der Waals surface area (Å²) in [4.78, 5) is 0. The second-order valence-electron chi connectivity index (χ2n) is 3.44. The summed E-state index contributed by atoms with van der Waals surface area (Å²) >= 11 is 0. The molecule has 60 valence electrons. The first-order valence-corrected chi connectivity index (χ1v) is 7.10. The third-order valence-corrected chi connectivity index (χ3v) is 1.82. The van der Waals surface area contributed by atoms with Crippen LogP contribution in [0.3, 0.4) is 0 Å². The van der Waals surface area contributed by atoms with Gasteiger partial charge in [-0.15, -0.1) is 17.9 Å². The second kappa shape index (κ2) is 4.23. The molecule has 2 heteroatoms. The Bertz CT molecular complexity index is 208. The van der Waals surface area contributed by atoms with Gasteiger partial charge in [0.05, 0.1) is 0 Å². The Morgan fingerprint density at radius 1 is 1.45 bits per heavy atom. The smallest absolute Gasteiger partial charge is 0.129 e. The lowest BCUT2D eigenvalue weighted by molar-refractivity contribution is 0.239. The van der Waals surface area contributed by atoms with Crippen molar-refractivity contribution in [3.05, 3.63) is 0 Å². The molecule has 0 aliphatic heterocycles. The highest BCUT2D eigenvalue weighted by atomic mass is 28.3. The first-order chi connectivity index (χ1) is 4.95. The summed E-state index contributed by atoms with van der Waals surface area (Å²) in [5, 5.41) is 9.12. The van der Waals surface area contributed by atoms with E-state index in [1.54, 1.807) is 0 Å². The van der Waals surface area contributed by atoms with Crippen LogP contribution in [0.25, 0.3) is 0 Å². The topological polar surface area (TPSA) is 20.2 Å². The zero-order valence-corrected chi connectivity index (χ0v) is 8.31. The Labute approximate surface area is 69.8 Å². The SMILES string of the molecule is C#CCC(O)C#C[Si](C)(C)C. The van der Waals surface area contributed by atoms with E-state index < -0.39 is 14.2 Å². The molecule has 1 nitrogen and oxygen atoms in total. The van der Waals surface area contributed by atoms with Crippen LogP contribution in [0.1, 0.15) is 6.42 Å². The Hall–Kier alpha value is -0.703. The van der Waals surface area contributed by atoms with E-state index in [2.05, 4.69) is 37.0 Å². The molecule has 1 N–H and O–H groups in total. The van der Waals surface area contributed by atoms with Crippen LogP contribution in [0.15, 0.2) is 0 Å². The molecule has 0 aromatic carbocycles. The largest absolute Gasteiger partial charge is 0.379 e. The van der Waals surface area contributed by atoms with E-state index in [0.717, 1.165) is 0 Å². The van der Waals surface area contributed by atoms with Crippen molar-refractivity contribution >= 4 is 8.07 Å². The van der Waals surface area contributed by atoms with Gasteiger partial charge in [-0.3, -0.25) is 0 Å². The molecule has 0 aromatic heterocycles. The summed E-state index contributed by atoms with van der Waals surface area (Å²) in [5.74, 6) is 5.11. The van der Waals surface area contributed by atoms with Gasteiger partial charge in [-0.05, 0) is 0 Å². The fourth-order valence-corrected chi connectivity index (χ4v) is 1.06. The maximum atomic E-state index is 9.12. The van der Waals surface area contributed by atoms with Gasteiger partial charge in [0.2, 0.25) is 0 Å². The van der Waals surface area contributed by atoms with Crippen LogP contribution in [0.5, 0.6) is 0 Å². The quantitative estimate of drug-likeness (QED) is 0.459. The molecule has 0 aromatic rings. The molecular weight excluding hydrogens is 152 g/mol. The second-order valence-corrected chi connectivity index (χ2v) is 8.19. The average Bonchev–Trinajstić information content (AvgIpc) is 1.83. The molecule has 0 aliphatic carbocycles. The molecule has 0 saturated carbocycles. The summed E-state index contributed by atoms with van der Waals surface area (Å²) in [6.07, 6.45) is 4.70. The van der Waals surface area contributed by atoms with E-state index in [-0.39, 0.29) is 0 Å². The van der Waals surface area contributed by atoms with Crippen molar-refractivity contribution in [1.29, 1.82) is 0 Å². The molecule has 0 bridgehead atoms. The van der Waals surface area contributed by atoms with E-state index in [0.29, 0.717) is 6.42 Å². The Morgan fingerprint density at radius 3 is 2.36 bits per heavy atom. The van der Waals surface area contributed by atoms with Crippen molar-refractivity contribution in [2.24, 2.45) is 0 Å². The minimum atomic E-state index is -1.34. The number of aliphatic hydroxyl groups excluding tert-OH is 1. The normalized spacial score (nSPS) is 12.6. The van der Waals surface area contributed by atoms with Crippen LogP contribution in [0.2, 0.25) is 19.6 Å². The van der Waals surface area contributed by atoms with Gasteiger partial charge in [0.25, 0.3) is 0 Å². The van der Waals surface area contributed by atoms with Crippen molar-refractivity contribution in [3.8, 4) is 23.8 Å². The van der Waals surface area contributed by atoms with E-state index in [1.165, 1.54) is 0 Å². The average molecular weight is 166 g/mol. The van der Waals surface area contributed by atoms with Crippen molar-refractivity contribution in [2.75, 3.05) is 0 Å². The number of aliphatic hydroxyl groups is 1. The van der Waals surface area contributed by atoms with Crippen molar-refractivity contribution in [1.82, 2.24) is 0 Å². The van der Waals surface area contributed by atoms with Crippen LogP contribution >= 0.6 is 0 Å². The molecule has 1 atom stereocenters. The first kappa shape index (κ1) is 10.3. The fourth-order valence-electron chi connectivity index (χ4n) is 0.462. The van der Waals surface area contributed by atoms with E-state index in [4.69, 9.17) is 11.5 Å². The van der Waals surface area contributed by atoms with Crippen molar-refractivity contribution in [2.45, 2.75) is 32.2 Å². The van der Waals surface area contributed by atoms with Gasteiger partial charge >= 0.3 is 0 Å². The van der Waals surface area contributed by atoms with Gasteiger partial charge in [0, 0.05) is 6.42 Å². The molecule has 0 heterocycles. The summed E-state index contributed by atoms with van der Waals surface area (Å²) in [6.45, 7) is 6.38. The molecule has 11 heavy (non-hydrogen) atoms. The molecule has 0 aliphatic rings. The minimum Gasteiger partial charge on any atom is -0.379 e. The molecule has 0 fully saturated rings. The summed E-state index contributed by atoms with van der Waals surface area (Å²) < 4.78 is 0. The highest BCUT2D eigenvalue weighted by Crippen LogP contribution is 1.97. The molecule has 0 saturated heterocycles. The van der Waals surface area contributed by atoms with Crippen LogP contribution < -0.4 is 0 Å². The minimum absolute atomic E-state index is 0.331.